The highest BCUT2D eigenvalue weighted by atomic mass is 32.2. The average molecular weight is 327 g/mol. The van der Waals surface area contributed by atoms with Crippen molar-refractivity contribution in [3.63, 3.8) is 0 Å². The highest BCUT2D eigenvalue weighted by Crippen LogP contribution is 2.23. The van der Waals surface area contributed by atoms with E-state index in [1.807, 2.05) is 32.0 Å². The molecule has 0 saturated carbocycles. The monoisotopic (exact) mass is 327 g/mol. The molecule has 0 fully saturated rings. The lowest BCUT2D eigenvalue weighted by Gasteiger charge is -2.09. The Kier molecular flexibility index (Phi) is 3.92. The number of nitrogens with one attached hydrogen (secondary N) is 2. The molecular weight excluding hydrogens is 310 g/mol. The molecule has 2 aromatic carbocycles. The molecule has 23 heavy (non-hydrogen) atoms. The smallest absolute Gasteiger partial charge is 0.261 e. The van der Waals surface area contributed by atoms with Crippen LogP contribution in [0.5, 0.6) is 0 Å². The summed E-state index contributed by atoms with van der Waals surface area (Å²) < 4.78 is 27.4. The van der Waals surface area contributed by atoms with Gasteiger partial charge in [0.05, 0.1) is 16.9 Å². The van der Waals surface area contributed by atoms with Crippen molar-refractivity contribution < 1.29 is 8.42 Å². The van der Waals surface area contributed by atoms with Gasteiger partial charge in [-0.25, -0.2) is 13.4 Å². The van der Waals surface area contributed by atoms with Crippen LogP contribution in [-0.4, -0.2) is 18.4 Å². The Labute approximate surface area is 135 Å². The third-order valence-electron chi connectivity index (χ3n) is 3.54. The van der Waals surface area contributed by atoms with Crippen molar-refractivity contribution in [2.75, 3.05) is 4.72 Å². The molecule has 2 N–H and O–H groups in total. The van der Waals surface area contributed by atoms with E-state index in [0.29, 0.717) is 5.69 Å². The largest absolute Gasteiger partial charge is 0.348 e. The Morgan fingerprint density at radius 1 is 1.04 bits per heavy atom. The number of anilines is 1. The van der Waals surface area contributed by atoms with Gasteiger partial charge in [-0.15, -0.1) is 0 Å². The molecule has 0 spiro atoms. The summed E-state index contributed by atoms with van der Waals surface area (Å²) >= 11 is 0. The molecule has 0 atom stereocenters. The van der Waals surface area contributed by atoms with Gasteiger partial charge < -0.3 is 4.98 Å². The number of H-pyrrole nitrogens is 1. The van der Waals surface area contributed by atoms with Gasteiger partial charge in [-0.3, -0.25) is 4.72 Å². The normalized spacial score (nSPS) is 11.4. The van der Waals surface area contributed by atoms with E-state index in [1.54, 1.807) is 36.7 Å². The van der Waals surface area contributed by atoms with Crippen molar-refractivity contribution in [3.05, 3.63) is 66.1 Å². The highest BCUT2D eigenvalue weighted by Gasteiger charge is 2.14. The van der Waals surface area contributed by atoms with E-state index in [1.165, 1.54) is 0 Å². The second-order valence-corrected chi connectivity index (χ2v) is 7.06. The molecule has 0 aliphatic carbocycles. The fourth-order valence-corrected chi connectivity index (χ4v) is 3.51. The number of hydrogen-bond acceptors (Lipinski definition) is 3. The van der Waals surface area contributed by atoms with Gasteiger partial charge in [0, 0.05) is 16.9 Å². The summed E-state index contributed by atoms with van der Waals surface area (Å²) in [6.07, 6.45) is 1.64. The van der Waals surface area contributed by atoms with Gasteiger partial charge in [-0.2, -0.15) is 0 Å². The molecule has 0 bridgehead atoms. The number of imidazole rings is 1. The molecule has 0 amide bonds. The number of sulfonamides is 1. The van der Waals surface area contributed by atoms with Crippen LogP contribution in [0.4, 0.5) is 5.69 Å². The second kappa shape index (κ2) is 5.89. The van der Waals surface area contributed by atoms with Gasteiger partial charge in [0.1, 0.15) is 0 Å². The van der Waals surface area contributed by atoms with Crippen LogP contribution in [-0.2, 0) is 10.0 Å². The first kappa shape index (κ1) is 15.3. The standard InChI is InChI=1S/C17H17N3O2S/c1-12-4-3-5-16(10-12)23(21,22)20-15-8-6-14(7-9-15)17-13(2)18-11-19-17/h3-11,20H,1-2H3,(H,18,19). The van der Waals surface area contributed by atoms with Crippen LogP contribution in [0, 0.1) is 13.8 Å². The predicted molar refractivity (Wildman–Crippen MR) is 90.7 cm³/mol. The average Bonchev–Trinajstić information content (AvgIpc) is 2.94. The van der Waals surface area contributed by atoms with Crippen molar-refractivity contribution in [2.24, 2.45) is 0 Å². The first-order valence-electron chi connectivity index (χ1n) is 7.15. The second-order valence-electron chi connectivity index (χ2n) is 5.38. The van der Waals surface area contributed by atoms with Gasteiger partial charge in [0.2, 0.25) is 0 Å². The molecule has 0 saturated heterocycles. The predicted octanol–water partition coefficient (Wildman–Crippen LogP) is 3.49. The molecule has 3 rings (SSSR count). The van der Waals surface area contributed by atoms with Crippen LogP contribution in [0.1, 0.15) is 11.3 Å². The quantitative estimate of drug-likeness (QED) is 0.770. The Morgan fingerprint density at radius 3 is 2.39 bits per heavy atom. The number of aromatic nitrogens is 2. The van der Waals surface area contributed by atoms with Gasteiger partial charge >= 0.3 is 0 Å². The summed E-state index contributed by atoms with van der Waals surface area (Å²) in [5.41, 5.74) is 4.18. The van der Waals surface area contributed by atoms with Gasteiger partial charge in [-0.1, -0.05) is 24.3 Å². The van der Waals surface area contributed by atoms with E-state index in [2.05, 4.69) is 14.7 Å². The van der Waals surface area contributed by atoms with E-state index in [4.69, 9.17) is 0 Å². The first-order valence-corrected chi connectivity index (χ1v) is 8.64. The van der Waals surface area contributed by atoms with Crippen LogP contribution in [0.2, 0.25) is 0 Å². The zero-order valence-electron chi connectivity index (χ0n) is 12.9. The first-order chi connectivity index (χ1) is 11.0. The van der Waals surface area contributed by atoms with Crippen LogP contribution in [0.3, 0.4) is 0 Å². The summed E-state index contributed by atoms with van der Waals surface area (Å²) in [6.45, 7) is 3.80. The van der Waals surface area contributed by atoms with Crippen molar-refractivity contribution in [1.29, 1.82) is 0 Å². The summed E-state index contributed by atoms with van der Waals surface area (Å²) in [5, 5.41) is 0. The number of benzene rings is 2. The Hall–Kier alpha value is -2.60. The molecule has 0 aliphatic rings. The number of aryl methyl sites for hydroxylation is 2. The summed E-state index contributed by atoms with van der Waals surface area (Å²) in [4.78, 5) is 7.53. The molecule has 6 heteroatoms. The van der Waals surface area contributed by atoms with Gasteiger partial charge in [0.15, 0.2) is 0 Å². The topological polar surface area (TPSA) is 74.8 Å². The molecule has 118 valence electrons. The molecule has 0 unspecified atom stereocenters. The highest BCUT2D eigenvalue weighted by molar-refractivity contribution is 7.92. The maximum atomic E-state index is 12.4. The van der Waals surface area contributed by atoms with E-state index in [-0.39, 0.29) is 4.90 Å². The summed E-state index contributed by atoms with van der Waals surface area (Å²) in [5.74, 6) is 0. The maximum Gasteiger partial charge on any atom is 0.261 e. The zero-order chi connectivity index (χ0) is 16.4. The van der Waals surface area contributed by atoms with Crippen LogP contribution < -0.4 is 4.72 Å². The summed E-state index contributed by atoms with van der Waals surface area (Å²) in [7, 11) is -3.58. The number of hydrogen-bond donors (Lipinski definition) is 2. The molecule has 5 nitrogen and oxygen atoms in total. The van der Waals surface area contributed by atoms with Crippen LogP contribution in [0.25, 0.3) is 11.3 Å². The lowest BCUT2D eigenvalue weighted by Crippen LogP contribution is -2.12. The molecule has 0 radical (unpaired) electrons. The molecule has 0 aliphatic heterocycles. The van der Waals surface area contributed by atoms with Crippen molar-refractivity contribution in [1.82, 2.24) is 9.97 Å². The van der Waals surface area contributed by atoms with E-state index in [0.717, 1.165) is 22.5 Å². The van der Waals surface area contributed by atoms with E-state index >= 15 is 0 Å². The minimum atomic E-state index is -3.58. The third kappa shape index (κ3) is 3.27. The van der Waals surface area contributed by atoms with Crippen LogP contribution >= 0.6 is 0 Å². The van der Waals surface area contributed by atoms with E-state index in [9.17, 15) is 8.42 Å². The Bertz CT molecular complexity index is 928. The fraction of sp³-hybridized carbons (Fsp3) is 0.118. The Morgan fingerprint density at radius 2 is 1.78 bits per heavy atom. The lowest BCUT2D eigenvalue weighted by atomic mass is 10.1. The SMILES string of the molecule is Cc1cccc(S(=O)(=O)Nc2ccc(-c3nc[nH]c3C)cc2)c1. The van der Waals surface area contributed by atoms with Crippen LogP contribution in [0.15, 0.2) is 59.8 Å². The van der Waals surface area contributed by atoms with Crippen molar-refractivity contribution in [2.45, 2.75) is 18.7 Å². The minimum absolute atomic E-state index is 0.254. The lowest BCUT2D eigenvalue weighted by molar-refractivity contribution is 0.601. The van der Waals surface area contributed by atoms with Gasteiger partial charge in [-0.05, 0) is 43.7 Å². The number of rotatable bonds is 4. The number of nitrogens with zero attached hydrogens (tertiary/aromatic N) is 1. The summed E-state index contributed by atoms with van der Waals surface area (Å²) in [6, 6.07) is 14.0. The minimum Gasteiger partial charge on any atom is -0.348 e. The molecule has 1 aromatic heterocycles. The van der Waals surface area contributed by atoms with Gasteiger partial charge in [0.25, 0.3) is 10.0 Å². The van der Waals surface area contributed by atoms with Crippen molar-refractivity contribution in [3.8, 4) is 11.3 Å². The van der Waals surface area contributed by atoms with Crippen molar-refractivity contribution >= 4 is 15.7 Å². The number of aromatic amines is 1. The molecule has 1 heterocycles. The third-order valence-corrected chi connectivity index (χ3v) is 4.92. The fourth-order valence-electron chi connectivity index (χ4n) is 2.34. The molecule has 3 aromatic rings. The maximum absolute atomic E-state index is 12.4. The zero-order valence-corrected chi connectivity index (χ0v) is 13.7. The molecular formula is C17H17N3O2S. The van der Waals surface area contributed by atoms with E-state index < -0.39 is 10.0 Å². The Balaban J connectivity index is 1.85.